The predicted molar refractivity (Wildman–Crippen MR) is 75.1 cm³/mol. The standard InChI is InChI=1S/C15H12ClF2NO2/c16-10-6-4-9(5-7-10)15(21)19-8-13(20)14-11(17)2-1-3-12(14)18/h1-7,13,20H,8H2,(H,19,21). The van der Waals surface area contributed by atoms with Crippen molar-refractivity contribution in [3.05, 3.63) is 70.2 Å². The molecule has 0 saturated carbocycles. The molecule has 3 nitrogen and oxygen atoms in total. The molecule has 0 spiro atoms. The quantitative estimate of drug-likeness (QED) is 0.911. The lowest BCUT2D eigenvalue weighted by Crippen LogP contribution is -2.29. The summed E-state index contributed by atoms with van der Waals surface area (Å²) in [4.78, 5) is 11.8. The van der Waals surface area contributed by atoms with Crippen molar-refractivity contribution >= 4 is 17.5 Å². The van der Waals surface area contributed by atoms with Gasteiger partial charge in [-0.05, 0) is 36.4 Å². The van der Waals surface area contributed by atoms with E-state index in [9.17, 15) is 18.7 Å². The molecule has 2 rings (SSSR count). The first-order chi connectivity index (χ1) is 9.99. The summed E-state index contributed by atoms with van der Waals surface area (Å²) < 4.78 is 26.9. The second kappa shape index (κ2) is 6.65. The fourth-order valence-corrected chi connectivity index (χ4v) is 1.95. The molecule has 2 aromatic rings. The first-order valence-electron chi connectivity index (χ1n) is 6.15. The highest BCUT2D eigenvalue weighted by atomic mass is 35.5. The summed E-state index contributed by atoms with van der Waals surface area (Å²) in [7, 11) is 0. The summed E-state index contributed by atoms with van der Waals surface area (Å²) in [6.45, 7) is -0.306. The third-order valence-corrected chi connectivity index (χ3v) is 3.15. The Morgan fingerprint density at radius 3 is 2.29 bits per heavy atom. The number of hydrogen-bond donors (Lipinski definition) is 2. The van der Waals surface area contributed by atoms with Gasteiger partial charge in [-0.25, -0.2) is 8.78 Å². The van der Waals surface area contributed by atoms with Gasteiger partial charge in [-0.3, -0.25) is 4.79 Å². The molecule has 1 atom stereocenters. The third kappa shape index (κ3) is 3.77. The Morgan fingerprint density at radius 1 is 1.14 bits per heavy atom. The molecular weight excluding hydrogens is 300 g/mol. The molecule has 1 unspecified atom stereocenters. The van der Waals surface area contributed by atoms with Gasteiger partial charge < -0.3 is 10.4 Å². The van der Waals surface area contributed by atoms with Crippen molar-refractivity contribution in [3.8, 4) is 0 Å². The number of rotatable bonds is 4. The van der Waals surface area contributed by atoms with Gasteiger partial charge in [0.15, 0.2) is 0 Å². The molecule has 0 fully saturated rings. The van der Waals surface area contributed by atoms with Crippen LogP contribution in [0.2, 0.25) is 5.02 Å². The number of hydrogen-bond acceptors (Lipinski definition) is 2. The molecule has 0 aliphatic heterocycles. The van der Waals surface area contributed by atoms with E-state index < -0.39 is 29.2 Å². The molecule has 0 aliphatic rings. The van der Waals surface area contributed by atoms with E-state index in [1.165, 1.54) is 18.2 Å². The van der Waals surface area contributed by atoms with Crippen molar-refractivity contribution in [1.29, 1.82) is 0 Å². The molecule has 0 radical (unpaired) electrons. The lowest BCUT2D eigenvalue weighted by molar-refractivity contribution is 0.0911. The molecule has 0 aliphatic carbocycles. The summed E-state index contributed by atoms with van der Waals surface area (Å²) in [6.07, 6.45) is -1.47. The molecule has 0 saturated heterocycles. The third-order valence-electron chi connectivity index (χ3n) is 2.90. The molecule has 21 heavy (non-hydrogen) atoms. The number of carbonyl (C=O) groups is 1. The Labute approximate surface area is 125 Å². The zero-order chi connectivity index (χ0) is 15.4. The molecule has 6 heteroatoms. The molecule has 0 aromatic heterocycles. The van der Waals surface area contributed by atoms with E-state index in [2.05, 4.69) is 5.32 Å². The molecule has 2 aromatic carbocycles. The van der Waals surface area contributed by atoms with Gasteiger partial charge in [0.2, 0.25) is 0 Å². The van der Waals surface area contributed by atoms with Crippen LogP contribution in [0.5, 0.6) is 0 Å². The van der Waals surface area contributed by atoms with Gasteiger partial charge in [-0.2, -0.15) is 0 Å². The highest BCUT2D eigenvalue weighted by Crippen LogP contribution is 2.20. The number of halogens is 3. The minimum absolute atomic E-state index is 0.306. The summed E-state index contributed by atoms with van der Waals surface area (Å²) in [5, 5.41) is 12.7. The van der Waals surface area contributed by atoms with Crippen LogP contribution in [0.1, 0.15) is 22.0 Å². The summed E-state index contributed by atoms with van der Waals surface area (Å²) in [5.74, 6) is -2.19. The molecule has 1 amide bonds. The van der Waals surface area contributed by atoms with Crippen molar-refractivity contribution in [3.63, 3.8) is 0 Å². The average molecular weight is 312 g/mol. The Morgan fingerprint density at radius 2 is 1.71 bits per heavy atom. The molecular formula is C15H12ClF2NO2. The van der Waals surface area contributed by atoms with E-state index in [1.54, 1.807) is 12.1 Å². The number of benzene rings is 2. The van der Waals surface area contributed by atoms with Crippen LogP contribution < -0.4 is 5.32 Å². The van der Waals surface area contributed by atoms with E-state index in [0.29, 0.717) is 10.6 Å². The van der Waals surface area contributed by atoms with Gasteiger partial charge in [0.1, 0.15) is 17.7 Å². The Bertz CT molecular complexity index is 626. The maximum absolute atomic E-state index is 13.5. The fraction of sp³-hybridized carbons (Fsp3) is 0.133. The van der Waals surface area contributed by atoms with Gasteiger partial charge in [-0.15, -0.1) is 0 Å². The second-order valence-electron chi connectivity index (χ2n) is 4.37. The minimum Gasteiger partial charge on any atom is -0.386 e. The highest BCUT2D eigenvalue weighted by molar-refractivity contribution is 6.30. The van der Waals surface area contributed by atoms with Crippen LogP contribution in [0.15, 0.2) is 42.5 Å². The fourth-order valence-electron chi connectivity index (χ4n) is 1.82. The Balaban J connectivity index is 2.02. The van der Waals surface area contributed by atoms with E-state index >= 15 is 0 Å². The lowest BCUT2D eigenvalue weighted by Gasteiger charge is -2.14. The SMILES string of the molecule is O=C(NCC(O)c1c(F)cccc1F)c1ccc(Cl)cc1. The molecule has 110 valence electrons. The molecule has 0 heterocycles. The first-order valence-corrected chi connectivity index (χ1v) is 6.52. The number of aliphatic hydroxyl groups is 1. The van der Waals surface area contributed by atoms with Gasteiger partial charge in [-0.1, -0.05) is 17.7 Å². The first kappa shape index (κ1) is 15.4. The van der Waals surface area contributed by atoms with Crippen LogP contribution in [0.25, 0.3) is 0 Å². The van der Waals surface area contributed by atoms with Gasteiger partial charge >= 0.3 is 0 Å². The number of aliphatic hydroxyl groups excluding tert-OH is 1. The van der Waals surface area contributed by atoms with Crippen LogP contribution >= 0.6 is 11.6 Å². The monoisotopic (exact) mass is 311 g/mol. The van der Waals surface area contributed by atoms with E-state index in [1.807, 2.05) is 0 Å². The zero-order valence-electron chi connectivity index (χ0n) is 10.8. The zero-order valence-corrected chi connectivity index (χ0v) is 11.6. The van der Waals surface area contributed by atoms with Crippen molar-refractivity contribution in [2.75, 3.05) is 6.54 Å². The largest absolute Gasteiger partial charge is 0.386 e. The molecule has 0 bridgehead atoms. The average Bonchev–Trinajstić information content (AvgIpc) is 2.45. The minimum atomic E-state index is -1.47. The Kier molecular flexibility index (Phi) is 4.88. The number of amides is 1. The highest BCUT2D eigenvalue weighted by Gasteiger charge is 2.18. The van der Waals surface area contributed by atoms with Gasteiger partial charge in [0, 0.05) is 17.1 Å². The Hall–Kier alpha value is -1.98. The van der Waals surface area contributed by atoms with Crippen LogP contribution in [0, 0.1) is 11.6 Å². The normalized spacial score (nSPS) is 12.0. The maximum atomic E-state index is 13.5. The maximum Gasteiger partial charge on any atom is 0.251 e. The smallest absolute Gasteiger partial charge is 0.251 e. The second-order valence-corrected chi connectivity index (χ2v) is 4.80. The van der Waals surface area contributed by atoms with E-state index in [4.69, 9.17) is 11.6 Å². The van der Waals surface area contributed by atoms with Gasteiger partial charge in [0.05, 0.1) is 5.56 Å². The van der Waals surface area contributed by atoms with Crippen LogP contribution in [-0.2, 0) is 0 Å². The van der Waals surface area contributed by atoms with Crippen molar-refractivity contribution in [1.82, 2.24) is 5.32 Å². The van der Waals surface area contributed by atoms with Crippen molar-refractivity contribution in [2.24, 2.45) is 0 Å². The topological polar surface area (TPSA) is 49.3 Å². The van der Waals surface area contributed by atoms with Crippen molar-refractivity contribution in [2.45, 2.75) is 6.10 Å². The van der Waals surface area contributed by atoms with Crippen LogP contribution in [0.4, 0.5) is 8.78 Å². The van der Waals surface area contributed by atoms with Crippen LogP contribution in [-0.4, -0.2) is 17.6 Å². The van der Waals surface area contributed by atoms with E-state index in [-0.39, 0.29) is 6.54 Å². The van der Waals surface area contributed by atoms with Gasteiger partial charge in [0.25, 0.3) is 5.91 Å². The summed E-state index contributed by atoms with van der Waals surface area (Å²) in [5.41, 5.74) is -0.130. The summed E-state index contributed by atoms with van der Waals surface area (Å²) >= 11 is 5.70. The van der Waals surface area contributed by atoms with E-state index in [0.717, 1.165) is 12.1 Å². The number of carbonyl (C=O) groups excluding carboxylic acids is 1. The number of nitrogens with one attached hydrogen (secondary N) is 1. The summed E-state index contributed by atoms with van der Waals surface area (Å²) in [6, 6.07) is 9.40. The van der Waals surface area contributed by atoms with Crippen LogP contribution in [0.3, 0.4) is 0 Å². The lowest BCUT2D eigenvalue weighted by atomic mass is 10.1. The molecule has 2 N–H and O–H groups in total. The predicted octanol–water partition coefficient (Wildman–Crippen LogP) is 3.08. The van der Waals surface area contributed by atoms with Crippen molar-refractivity contribution < 1.29 is 18.7 Å².